The van der Waals surface area contributed by atoms with Crippen molar-refractivity contribution < 1.29 is 0 Å². The molecular formula is C22H40. The van der Waals surface area contributed by atoms with E-state index in [9.17, 15) is 0 Å². The van der Waals surface area contributed by atoms with Crippen LogP contribution in [0.15, 0.2) is 0 Å². The summed E-state index contributed by atoms with van der Waals surface area (Å²) in [5, 5.41) is 0. The van der Waals surface area contributed by atoms with E-state index in [0.29, 0.717) is 5.41 Å². The van der Waals surface area contributed by atoms with Gasteiger partial charge in [-0.1, -0.05) is 72.1 Å². The molecule has 0 saturated heterocycles. The average molecular weight is 305 g/mol. The molecular weight excluding hydrogens is 264 g/mol. The minimum Gasteiger partial charge on any atom is -0.0651 e. The maximum Gasteiger partial charge on any atom is -0.0266 e. The standard InChI is InChI=1S/C22H40/c1-4-17-9-6-7-12-20-18(11-8-10-17)15-16-22(3)19(5-2)13-14-21(20)22/h17-21H,4-16H2,1-3H3/t17?,18?,19-,20?,21?,22?/m0/s1. The van der Waals surface area contributed by atoms with Crippen LogP contribution in [-0.4, -0.2) is 0 Å². The van der Waals surface area contributed by atoms with E-state index in [0.717, 1.165) is 29.6 Å². The summed E-state index contributed by atoms with van der Waals surface area (Å²) in [5.41, 5.74) is 0.714. The van der Waals surface area contributed by atoms with E-state index >= 15 is 0 Å². The van der Waals surface area contributed by atoms with E-state index < -0.39 is 0 Å². The van der Waals surface area contributed by atoms with Crippen molar-refractivity contribution >= 4 is 0 Å². The zero-order valence-corrected chi connectivity index (χ0v) is 15.6. The van der Waals surface area contributed by atoms with Gasteiger partial charge in [-0.15, -0.1) is 0 Å². The van der Waals surface area contributed by atoms with Crippen molar-refractivity contribution in [2.45, 2.75) is 104 Å². The van der Waals surface area contributed by atoms with Gasteiger partial charge in [0.1, 0.15) is 0 Å². The van der Waals surface area contributed by atoms with Crippen LogP contribution in [0.4, 0.5) is 0 Å². The molecule has 3 aliphatic rings. The summed E-state index contributed by atoms with van der Waals surface area (Å²) >= 11 is 0. The fourth-order valence-electron chi connectivity index (χ4n) is 6.97. The van der Waals surface area contributed by atoms with Gasteiger partial charge in [0.25, 0.3) is 0 Å². The Bertz CT molecular complexity index is 346. The lowest BCUT2D eigenvalue weighted by Gasteiger charge is -2.49. The van der Waals surface area contributed by atoms with Gasteiger partial charge in [0.05, 0.1) is 0 Å². The first-order valence-electron chi connectivity index (χ1n) is 10.7. The predicted octanol–water partition coefficient (Wildman–Crippen LogP) is 7.23. The minimum atomic E-state index is 0.714. The maximum absolute atomic E-state index is 2.68. The summed E-state index contributed by atoms with van der Waals surface area (Å²) in [6, 6.07) is 0. The van der Waals surface area contributed by atoms with Gasteiger partial charge in [-0.2, -0.15) is 0 Å². The van der Waals surface area contributed by atoms with E-state index in [1.807, 2.05) is 0 Å². The Morgan fingerprint density at radius 3 is 2.32 bits per heavy atom. The summed E-state index contributed by atoms with van der Waals surface area (Å²) in [7, 11) is 0. The van der Waals surface area contributed by atoms with Gasteiger partial charge in [0.2, 0.25) is 0 Å². The van der Waals surface area contributed by atoms with E-state index in [-0.39, 0.29) is 0 Å². The van der Waals surface area contributed by atoms with Gasteiger partial charge in [-0.3, -0.25) is 0 Å². The summed E-state index contributed by atoms with van der Waals surface area (Å²) < 4.78 is 0. The molecule has 0 amide bonds. The van der Waals surface area contributed by atoms with Crippen LogP contribution < -0.4 is 0 Å². The quantitative estimate of drug-likeness (QED) is 0.505. The number of fused-ring (bicyclic) bond motifs is 3. The third-order valence-corrected chi connectivity index (χ3v) is 8.44. The SMILES string of the molecule is CCC1CCCCC2C(CCC1)CCC1(C)C2CC[C@@H]1CC. The molecule has 0 aromatic heterocycles. The topological polar surface area (TPSA) is 0 Å². The molecule has 0 nitrogen and oxygen atoms in total. The Labute approximate surface area is 139 Å². The van der Waals surface area contributed by atoms with Crippen molar-refractivity contribution in [3.63, 3.8) is 0 Å². The van der Waals surface area contributed by atoms with Crippen molar-refractivity contribution in [3.8, 4) is 0 Å². The number of hydrogen-bond donors (Lipinski definition) is 0. The summed E-state index contributed by atoms with van der Waals surface area (Å²) in [6.45, 7) is 7.54. The molecule has 3 fully saturated rings. The van der Waals surface area contributed by atoms with Gasteiger partial charge >= 0.3 is 0 Å². The van der Waals surface area contributed by atoms with Crippen LogP contribution in [0.3, 0.4) is 0 Å². The molecule has 0 spiro atoms. The molecule has 0 aliphatic heterocycles. The van der Waals surface area contributed by atoms with Crippen molar-refractivity contribution in [3.05, 3.63) is 0 Å². The molecule has 3 saturated carbocycles. The number of hydrogen-bond acceptors (Lipinski definition) is 0. The Balaban J connectivity index is 1.69. The molecule has 6 atom stereocenters. The van der Waals surface area contributed by atoms with Crippen molar-refractivity contribution in [2.75, 3.05) is 0 Å². The Kier molecular flexibility index (Phi) is 5.56. The lowest BCUT2D eigenvalue weighted by molar-refractivity contribution is 0.000711. The zero-order valence-electron chi connectivity index (χ0n) is 15.6. The molecule has 22 heavy (non-hydrogen) atoms. The molecule has 3 rings (SSSR count). The van der Waals surface area contributed by atoms with Crippen LogP contribution in [0.2, 0.25) is 0 Å². The predicted molar refractivity (Wildman–Crippen MR) is 96.9 cm³/mol. The molecule has 0 heterocycles. The lowest BCUT2D eigenvalue weighted by atomic mass is 9.56. The Hall–Kier alpha value is 0. The molecule has 0 aromatic rings. The Morgan fingerprint density at radius 2 is 1.55 bits per heavy atom. The average Bonchev–Trinajstić information content (AvgIpc) is 2.88. The van der Waals surface area contributed by atoms with Gasteiger partial charge < -0.3 is 0 Å². The lowest BCUT2D eigenvalue weighted by Crippen LogP contribution is -2.41. The second kappa shape index (κ2) is 7.27. The van der Waals surface area contributed by atoms with Crippen LogP contribution >= 0.6 is 0 Å². The summed E-state index contributed by atoms with van der Waals surface area (Å²) in [4.78, 5) is 0. The summed E-state index contributed by atoms with van der Waals surface area (Å²) in [5.74, 6) is 5.34. The minimum absolute atomic E-state index is 0.714. The van der Waals surface area contributed by atoms with E-state index in [2.05, 4.69) is 20.8 Å². The van der Waals surface area contributed by atoms with E-state index in [1.165, 1.54) is 44.9 Å². The van der Waals surface area contributed by atoms with Crippen molar-refractivity contribution in [1.29, 1.82) is 0 Å². The second-order valence-electron chi connectivity index (χ2n) is 9.25. The molecule has 5 unspecified atom stereocenters. The highest BCUT2D eigenvalue weighted by Gasteiger charge is 2.52. The van der Waals surface area contributed by atoms with Gasteiger partial charge in [0, 0.05) is 0 Å². The zero-order chi connectivity index (χ0) is 15.6. The molecule has 128 valence electrons. The first-order chi connectivity index (χ1) is 10.7. The van der Waals surface area contributed by atoms with Crippen LogP contribution in [0, 0.1) is 35.0 Å². The first-order valence-corrected chi connectivity index (χ1v) is 10.7. The third kappa shape index (κ3) is 3.13. The fraction of sp³-hybridized carbons (Fsp3) is 1.00. The van der Waals surface area contributed by atoms with Crippen LogP contribution in [0.1, 0.15) is 104 Å². The Morgan fingerprint density at radius 1 is 0.773 bits per heavy atom. The monoisotopic (exact) mass is 304 g/mol. The van der Waals surface area contributed by atoms with Crippen LogP contribution in [0.5, 0.6) is 0 Å². The molecule has 0 bridgehead atoms. The normalized spacial score (nSPS) is 46.8. The van der Waals surface area contributed by atoms with Gasteiger partial charge in [-0.05, 0) is 67.1 Å². The molecule has 0 N–H and O–H groups in total. The van der Waals surface area contributed by atoms with E-state index in [1.54, 1.807) is 38.5 Å². The van der Waals surface area contributed by atoms with E-state index in [4.69, 9.17) is 0 Å². The highest BCUT2D eigenvalue weighted by molar-refractivity contribution is 5.02. The highest BCUT2D eigenvalue weighted by Crippen LogP contribution is 2.61. The fourth-order valence-corrected chi connectivity index (χ4v) is 6.97. The maximum atomic E-state index is 2.68. The highest BCUT2D eigenvalue weighted by atomic mass is 14.6. The van der Waals surface area contributed by atoms with Crippen molar-refractivity contribution in [2.24, 2.45) is 35.0 Å². The van der Waals surface area contributed by atoms with Gasteiger partial charge in [-0.25, -0.2) is 0 Å². The molecule has 0 radical (unpaired) electrons. The summed E-state index contributed by atoms with van der Waals surface area (Å²) in [6.07, 6.45) is 19.8. The number of rotatable bonds is 2. The third-order valence-electron chi connectivity index (χ3n) is 8.44. The largest absolute Gasteiger partial charge is 0.0651 e. The molecule has 3 aliphatic carbocycles. The molecule has 0 heteroatoms. The second-order valence-corrected chi connectivity index (χ2v) is 9.25. The van der Waals surface area contributed by atoms with Crippen LogP contribution in [0.25, 0.3) is 0 Å². The first kappa shape index (κ1) is 16.8. The van der Waals surface area contributed by atoms with Gasteiger partial charge in [0.15, 0.2) is 0 Å². The van der Waals surface area contributed by atoms with Crippen LogP contribution in [-0.2, 0) is 0 Å². The smallest absolute Gasteiger partial charge is 0.0266 e. The van der Waals surface area contributed by atoms with Crippen molar-refractivity contribution in [1.82, 2.24) is 0 Å². The molecule has 0 aromatic carbocycles.